The van der Waals surface area contributed by atoms with E-state index in [0.717, 1.165) is 35.1 Å². The third kappa shape index (κ3) is 5.59. The van der Waals surface area contributed by atoms with Crippen molar-refractivity contribution in [2.45, 2.75) is 19.8 Å². The standard InChI is InChI=1S/C28H26N2O4/c1-3-4-19-33-23-15-11-21(12-16-23)29-30-26-17-18-27(25-8-6-5-7-24(25)26)34-28(31)20-9-13-22(32-2)14-10-20/h5-18H,3-4,19H2,1-2H3. The molecule has 6 heteroatoms. The van der Waals surface area contributed by atoms with Crippen molar-refractivity contribution in [1.29, 1.82) is 0 Å². The summed E-state index contributed by atoms with van der Waals surface area (Å²) in [5.74, 6) is 1.52. The minimum absolute atomic E-state index is 0.441. The van der Waals surface area contributed by atoms with Crippen LogP contribution in [0, 0.1) is 0 Å². The molecule has 0 saturated carbocycles. The largest absolute Gasteiger partial charge is 0.497 e. The van der Waals surface area contributed by atoms with Gasteiger partial charge in [0.05, 0.1) is 30.7 Å². The summed E-state index contributed by atoms with van der Waals surface area (Å²) in [7, 11) is 1.58. The molecule has 172 valence electrons. The quantitative estimate of drug-likeness (QED) is 0.113. The molecule has 4 rings (SSSR count). The maximum atomic E-state index is 12.6. The van der Waals surface area contributed by atoms with E-state index in [1.165, 1.54) is 0 Å². The topological polar surface area (TPSA) is 69.5 Å². The van der Waals surface area contributed by atoms with Crippen molar-refractivity contribution in [2.75, 3.05) is 13.7 Å². The van der Waals surface area contributed by atoms with E-state index in [0.29, 0.717) is 29.4 Å². The first-order valence-electron chi connectivity index (χ1n) is 11.2. The Morgan fingerprint density at radius 3 is 2.21 bits per heavy atom. The van der Waals surface area contributed by atoms with Gasteiger partial charge in [0.15, 0.2) is 0 Å². The monoisotopic (exact) mass is 454 g/mol. The van der Waals surface area contributed by atoms with Crippen LogP contribution in [0.15, 0.2) is 95.2 Å². The third-order valence-corrected chi connectivity index (χ3v) is 5.27. The summed E-state index contributed by atoms with van der Waals surface area (Å²) >= 11 is 0. The maximum absolute atomic E-state index is 12.6. The lowest BCUT2D eigenvalue weighted by molar-refractivity contribution is 0.0737. The van der Waals surface area contributed by atoms with Crippen LogP contribution < -0.4 is 14.2 Å². The lowest BCUT2D eigenvalue weighted by Crippen LogP contribution is -2.08. The third-order valence-electron chi connectivity index (χ3n) is 5.27. The molecule has 4 aromatic carbocycles. The molecule has 0 radical (unpaired) electrons. The molecular weight excluding hydrogens is 428 g/mol. The Balaban J connectivity index is 1.52. The van der Waals surface area contributed by atoms with Crippen LogP contribution >= 0.6 is 0 Å². The number of esters is 1. The molecule has 34 heavy (non-hydrogen) atoms. The molecule has 0 aliphatic rings. The van der Waals surface area contributed by atoms with Crippen LogP contribution in [0.4, 0.5) is 11.4 Å². The average molecular weight is 455 g/mol. The van der Waals surface area contributed by atoms with E-state index >= 15 is 0 Å². The zero-order valence-corrected chi connectivity index (χ0v) is 19.2. The number of carbonyl (C=O) groups is 1. The zero-order valence-electron chi connectivity index (χ0n) is 19.2. The van der Waals surface area contributed by atoms with Gasteiger partial charge in [-0.2, -0.15) is 5.11 Å². The summed E-state index contributed by atoms with van der Waals surface area (Å²) in [5.41, 5.74) is 1.85. The first kappa shape index (κ1) is 23.0. The highest BCUT2D eigenvalue weighted by atomic mass is 16.5. The number of carbonyl (C=O) groups excluding carboxylic acids is 1. The molecule has 4 aromatic rings. The van der Waals surface area contributed by atoms with E-state index in [2.05, 4.69) is 17.2 Å². The summed E-state index contributed by atoms with van der Waals surface area (Å²) in [4.78, 5) is 12.6. The van der Waals surface area contributed by atoms with E-state index < -0.39 is 5.97 Å². The van der Waals surface area contributed by atoms with Gasteiger partial charge in [-0.3, -0.25) is 0 Å². The summed E-state index contributed by atoms with van der Waals surface area (Å²) in [6.07, 6.45) is 2.12. The van der Waals surface area contributed by atoms with E-state index in [1.807, 2.05) is 48.5 Å². The minimum Gasteiger partial charge on any atom is -0.497 e. The molecule has 0 heterocycles. The number of rotatable bonds is 9. The van der Waals surface area contributed by atoms with E-state index in [1.54, 1.807) is 43.5 Å². The smallest absolute Gasteiger partial charge is 0.343 e. The Bertz CT molecular complexity index is 1280. The first-order valence-corrected chi connectivity index (χ1v) is 11.2. The van der Waals surface area contributed by atoms with Gasteiger partial charge in [0, 0.05) is 10.8 Å². The first-order chi connectivity index (χ1) is 16.7. The van der Waals surface area contributed by atoms with Crippen LogP contribution in [0.25, 0.3) is 10.8 Å². The van der Waals surface area contributed by atoms with Gasteiger partial charge in [0.25, 0.3) is 0 Å². The van der Waals surface area contributed by atoms with Gasteiger partial charge in [0.2, 0.25) is 0 Å². The zero-order chi connectivity index (χ0) is 23.8. The van der Waals surface area contributed by atoms with Crippen molar-refractivity contribution < 1.29 is 19.0 Å². The van der Waals surface area contributed by atoms with Gasteiger partial charge < -0.3 is 14.2 Å². The predicted molar refractivity (Wildman–Crippen MR) is 133 cm³/mol. The molecule has 0 fully saturated rings. The fourth-order valence-corrected chi connectivity index (χ4v) is 3.37. The fourth-order valence-electron chi connectivity index (χ4n) is 3.37. The van der Waals surface area contributed by atoms with Crippen LogP contribution in [-0.2, 0) is 0 Å². The molecule has 0 aliphatic carbocycles. The average Bonchev–Trinajstić information content (AvgIpc) is 2.89. The van der Waals surface area contributed by atoms with Crippen LogP contribution in [-0.4, -0.2) is 19.7 Å². The molecule has 0 N–H and O–H groups in total. The van der Waals surface area contributed by atoms with Crippen LogP contribution in [0.3, 0.4) is 0 Å². The molecule has 0 amide bonds. The molecule has 0 spiro atoms. The van der Waals surface area contributed by atoms with Crippen LogP contribution in [0.1, 0.15) is 30.1 Å². The number of fused-ring (bicyclic) bond motifs is 1. The SMILES string of the molecule is CCCCOc1ccc(N=Nc2ccc(OC(=O)c3ccc(OC)cc3)c3ccccc23)cc1. The number of hydrogen-bond acceptors (Lipinski definition) is 6. The van der Waals surface area contributed by atoms with Crippen LogP contribution in [0.5, 0.6) is 17.2 Å². The normalized spacial score (nSPS) is 11.0. The second-order valence-electron chi connectivity index (χ2n) is 7.64. The number of unbranched alkanes of at least 4 members (excludes halogenated alkanes) is 1. The molecule has 0 aromatic heterocycles. The Labute approximate surface area is 198 Å². The number of ether oxygens (including phenoxy) is 3. The molecule has 0 aliphatic heterocycles. The number of methoxy groups -OCH3 is 1. The lowest BCUT2D eigenvalue weighted by Gasteiger charge is -2.10. The lowest BCUT2D eigenvalue weighted by atomic mass is 10.1. The maximum Gasteiger partial charge on any atom is 0.343 e. The summed E-state index contributed by atoms with van der Waals surface area (Å²) < 4.78 is 16.5. The van der Waals surface area contributed by atoms with Gasteiger partial charge in [-0.05, 0) is 67.1 Å². The highest BCUT2D eigenvalue weighted by molar-refractivity contribution is 5.99. The highest BCUT2D eigenvalue weighted by Crippen LogP contribution is 2.34. The van der Waals surface area contributed by atoms with Crippen LogP contribution in [0.2, 0.25) is 0 Å². The summed E-state index contributed by atoms with van der Waals surface area (Å²) in [5, 5.41) is 10.4. The Morgan fingerprint density at radius 2 is 1.50 bits per heavy atom. The number of hydrogen-bond donors (Lipinski definition) is 0. The van der Waals surface area contributed by atoms with E-state index in [9.17, 15) is 4.79 Å². The van der Waals surface area contributed by atoms with Gasteiger partial charge in [-0.15, -0.1) is 5.11 Å². The highest BCUT2D eigenvalue weighted by Gasteiger charge is 2.13. The Morgan fingerprint density at radius 1 is 0.794 bits per heavy atom. The Kier molecular flexibility index (Phi) is 7.50. The molecular formula is C28H26N2O4. The van der Waals surface area contributed by atoms with Gasteiger partial charge in [-0.25, -0.2) is 4.79 Å². The molecule has 6 nitrogen and oxygen atoms in total. The van der Waals surface area contributed by atoms with E-state index in [-0.39, 0.29) is 0 Å². The van der Waals surface area contributed by atoms with Crippen molar-refractivity contribution in [2.24, 2.45) is 10.2 Å². The number of azo groups is 1. The molecule has 0 atom stereocenters. The second-order valence-corrected chi connectivity index (χ2v) is 7.64. The van der Waals surface area contributed by atoms with E-state index in [4.69, 9.17) is 14.2 Å². The summed E-state index contributed by atoms with van der Waals surface area (Å²) in [6.45, 7) is 2.84. The van der Waals surface area contributed by atoms with Crippen molar-refractivity contribution in [3.8, 4) is 17.2 Å². The molecule has 0 saturated heterocycles. The van der Waals surface area contributed by atoms with Crippen molar-refractivity contribution in [3.05, 3.63) is 90.5 Å². The molecule has 0 bridgehead atoms. The van der Waals surface area contributed by atoms with Crippen molar-refractivity contribution >= 4 is 28.1 Å². The minimum atomic E-state index is -0.441. The number of benzene rings is 4. The fraction of sp³-hybridized carbons (Fsp3) is 0.179. The second kappa shape index (κ2) is 11.1. The van der Waals surface area contributed by atoms with Crippen molar-refractivity contribution in [1.82, 2.24) is 0 Å². The van der Waals surface area contributed by atoms with Gasteiger partial charge in [0.1, 0.15) is 17.2 Å². The van der Waals surface area contributed by atoms with Gasteiger partial charge in [-0.1, -0.05) is 37.6 Å². The predicted octanol–water partition coefficient (Wildman–Crippen LogP) is 7.66. The van der Waals surface area contributed by atoms with Crippen molar-refractivity contribution in [3.63, 3.8) is 0 Å². The molecule has 0 unspecified atom stereocenters. The summed E-state index contributed by atoms with van der Waals surface area (Å²) in [6, 6.07) is 25.5. The van der Waals surface area contributed by atoms with Gasteiger partial charge >= 0.3 is 5.97 Å². The Hall–Kier alpha value is -4.19. The number of nitrogens with zero attached hydrogens (tertiary/aromatic N) is 2.